The molecule has 0 radical (unpaired) electrons. The fraction of sp³-hybridized carbons (Fsp3) is 0.625. The van der Waals surface area contributed by atoms with E-state index in [4.69, 9.17) is 4.74 Å². The summed E-state index contributed by atoms with van der Waals surface area (Å²) >= 11 is 0. The van der Waals surface area contributed by atoms with Crippen LogP contribution in [0.4, 0.5) is 10.5 Å². The lowest BCUT2D eigenvalue weighted by atomic mass is 9.92. The molecule has 1 aliphatic rings. The van der Waals surface area contributed by atoms with Gasteiger partial charge in [0.15, 0.2) is 0 Å². The highest BCUT2D eigenvalue weighted by Crippen LogP contribution is 2.27. The van der Waals surface area contributed by atoms with Gasteiger partial charge in [0.1, 0.15) is 11.3 Å². The van der Waals surface area contributed by atoms with E-state index in [1.165, 1.54) is 10.6 Å². The zero-order valence-corrected chi connectivity index (χ0v) is 13.3. The SMILES string of the molecule is CC(C)(C)OC(=O)Nc1cccn([C@H]2CCCC[C@H]2O)c1=O. The number of hydrogen-bond donors (Lipinski definition) is 2. The molecule has 2 N–H and O–H groups in total. The highest BCUT2D eigenvalue weighted by Gasteiger charge is 2.26. The van der Waals surface area contributed by atoms with Gasteiger partial charge in [-0.25, -0.2) is 4.79 Å². The lowest BCUT2D eigenvalue weighted by Gasteiger charge is -2.29. The third kappa shape index (κ3) is 4.10. The quantitative estimate of drug-likeness (QED) is 0.880. The lowest BCUT2D eigenvalue weighted by molar-refractivity contribution is 0.0635. The van der Waals surface area contributed by atoms with Gasteiger partial charge in [-0.2, -0.15) is 0 Å². The number of rotatable bonds is 2. The van der Waals surface area contributed by atoms with Gasteiger partial charge >= 0.3 is 6.09 Å². The molecule has 1 heterocycles. The maximum absolute atomic E-state index is 12.5. The predicted octanol–water partition coefficient (Wildman–Crippen LogP) is 2.67. The Balaban J connectivity index is 2.19. The van der Waals surface area contributed by atoms with Crippen molar-refractivity contribution in [3.8, 4) is 0 Å². The van der Waals surface area contributed by atoms with E-state index < -0.39 is 17.8 Å². The molecule has 0 aromatic carbocycles. The molecule has 6 heteroatoms. The molecule has 2 atom stereocenters. The van der Waals surface area contributed by atoms with E-state index >= 15 is 0 Å². The molecule has 1 saturated carbocycles. The summed E-state index contributed by atoms with van der Waals surface area (Å²) in [4.78, 5) is 24.3. The minimum atomic E-state index is -0.661. The molecule has 1 aliphatic carbocycles. The number of aliphatic hydroxyl groups excluding tert-OH is 1. The normalized spacial score (nSPS) is 22.2. The summed E-state index contributed by atoms with van der Waals surface area (Å²) < 4.78 is 6.67. The van der Waals surface area contributed by atoms with Gasteiger partial charge in [-0.3, -0.25) is 10.1 Å². The van der Waals surface area contributed by atoms with E-state index in [0.29, 0.717) is 6.42 Å². The smallest absolute Gasteiger partial charge is 0.412 e. The first-order valence-corrected chi connectivity index (χ1v) is 7.67. The Morgan fingerprint density at radius 1 is 1.36 bits per heavy atom. The van der Waals surface area contributed by atoms with Crippen LogP contribution in [-0.4, -0.2) is 27.5 Å². The zero-order chi connectivity index (χ0) is 16.3. The first kappa shape index (κ1) is 16.5. The van der Waals surface area contributed by atoms with E-state index in [1.54, 1.807) is 33.0 Å². The number of hydrogen-bond acceptors (Lipinski definition) is 4. The van der Waals surface area contributed by atoms with Gasteiger partial charge < -0.3 is 14.4 Å². The average molecular weight is 308 g/mol. The molecule has 6 nitrogen and oxygen atoms in total. The fourth-order valence-electron chi connectivity index (χ4n) is 2.70. The third-order valence-electron chi connectivity index (χ3n) is 3.66. The molecular formula is C16H24N2O4. The first-order valence-electron chi connectivity index (χ1n) is 7.67. The first-order chi connectivity index (χ1) is 10.3. The second-order valence-corrected chi connectivity index (χ2v) is 6.68. The Morgan fingerprint density at radius 3 is 2.68 bits per heavy atom. The maximum Gasteiger partial charge on any atom is 0.412 e. The van der Waals surface area contributed by atoms with E-state index in [9.17, 15) is 14.7 Å². The Labute approximate surface area is 130 Å². The van der Waals surface area contributed by atoms with Crippen LogP contribution >= 0.6 is 0 Å². The number of amides is 1. The molecule has 1 aromatic rings. The van der Waals surface area contributed by atoms with Gasteiger partial charge in [0.2, 0.25) is 0 Å². The molecule has 0 aliphatic heterocycles. The molecule has 2 rings (SSSR count). The Morgan fingerprint density at radius 2 is 2.05 bits per heavy atom. The molecule has 1 fully saturated rings. The number of pyridine rings is 1. The third-order valence-corrected chi connectivity index (χ3v) is 3.66. The van der Waals surface area contributed by atoms with Crippen LogP contribution in [0.15, 0.2) is 23.1 Å². The number of aliphatic hydroxyl groups is 1. The van der Waals surface area contributed by atoms with Crippen LogP contribution < -0.4 is 10.9 Å². The zero-order valence-electron chi connectivity index (χ0n) is 13.3. The van der Waals surface area contributed by atoms with Crippen molar-refractivity contribution in [1.29, 1.82) is 0 Å². The molecule has 0 unspecified atom stereocenters. The van der Waals surface area contributed by atoms with Crippen molar-refractivity contribution in [1.82, 2.24) is 4.57 Å². The molecule has 0 spiro atoms. The van der Waals surface area contributed by atoms with Gasteiger partial charge in [-0.15, -0.1) is 0 Å². The van der Waals surface area contributed by atoms with E-state index in [0.717, 1.165) is 19.3 Å². The van der Waals surface area contributed by atoms with Crippen LogP contribution in [0, 0.1) is 0 Å². The highest BCUT2D eigenvalue weighted by atomic mass is 16.6. The van der Waals surface area contributed by atoms with Crippen molar-refractivity contribution in [3.05, 3.63) is 28.7 Å². The van der Waals surface area contributed by atoms with Crippen LogP contribution in [0.1, 0.15) is 52.5 Å². The number of nitrogens with one attached hydrogen (secondary N) is 1. The number of carbonyl (C=O) groups excluding carboxylic acids is 1. The van der Waals surface area contributed by atoms with Crippen molar-refractivity contribution >= 4 is 11.8 Å². The van der Waals surface area contributed by atoms with Crippen molar-refractivity contribution in [2.45, 2.75) is 64.2 Å². The van der Waals surface area contributed by atoms with Gasteiger partial charge in [0.05, 0.1) is 12.1 Å². The predicted molar refractivity (Wildman–Crippen MR) is 84.1 cm³/mol. The number of ether oxygens (including phenoxy) is 1. The second kappa shape index (κ2) is 6.52. The van der Waals surface area contributed by atoms with Crippen molar-refractivity contribution in [3.63, 3.8) is 0 Å². The summed E-state index contributed by atoms with van der Waals surface area (Å²) in [5.41, 5.74) is -0.786. The molecule has 22 heavy (non-hydrogen) atoms. The van der Waals surface area contributed by atoms with Crippen LogP contribution in [0.5, 0.6) is 0 Å². The minimum Gasteiger partial charge on any atom is -0.444 e. The van der Waals surface area contributed by atoms with Gasteiger partial charge in [0, 0.05) is 6.20 Å². The van der Waals surface area contributed by atoms with E-state index in [-0.39, 0.29) is 17.3 Å². The molecule has 1 amide bonds. The molecule has 0 saturated heterocycles. The molecule has 122 valence electrons. The van der Waals surface area contributed by atoms with Crippen LogP contribution in [-0.2, 0) is 4.74 Å². The summed E-state index contributed by atoms with van der Waals surface area (Å²) in [5, 5.41) is 12.6. The minimum absolute atomic E-state index is 0.162. The molecular weight excluding hydrogens is 284 g/mol. The lowest BCUT2D eigenvalue weighted by Crippen LogP contribution is -2.36. The molecule has 0 bridgehead atoms. The largest absolute Gasteiger partial charge is 0.444 e. The van der Waals surface area contributed by atoms with Crippen LogP contribution in [0.3, 0.4) is 0 Å². The van der Waals surface area contributed by atoms with Gasteiger partial charge in [-0.05, 0) is 45.7 Å². The standard InChI is InChI=1S/C16H24N2O4/c1-16(2,3)22-15(21)17-11-7-6-10-18(14(11)20)12-8-4-5-9-13(12)19/h6-7,10,12-13,19H,4-5,8-9H2,1-3H3,(H,17,21)/t12-,13+/m0/s1. The maximum atomic E-state index is 12.5. The number of anilines is 1. The summed E-state index contributed by atoms with van der Waals surface area (Å²) in [7, 11) is 0. The Bertz CT molecular complexity index is 589. The summed E-state index contributed by atoms with van der Waals surface area (Å²) in [5.74, 6) is 0. The highest BCUT2D eigenvalue weighted by molar-refractivity contribution is 5.84. The second-order valence-electron chi connectivity index (χ2n) is 6.68. The van der Waals surface area contributed by atoms with Crippen molar-refractivity contribution in [2.75, 3.05) is 5.32 Å². The fourth-order valence-corrected chi connectivity index (χ4v) is 2.70. The Hall–Kier alpha value is -1.82. The average Bonchev–Trinajstić information content (AvgIpc) is 2.40. The topological polar surface area (TPSA) is 80.6 Å². The summed E-state index contributed by atoms with van der Waals surface area (Å²) in [6.07, 6.45) is 3.88. The number of carbonyl (C=O) groups is 1. The van der Waals surface area contributed by atoms with E-state index in [2.05, 4.69) is 5.32 Å². The van der Waals surface area contributed by atoms with Gasteiger partial charge in [0.25, 0.3) is 5.56 Å². The van der Waals surface area contributed by atoms with E-state index in [1.807, 2.05) is 0 Å². The Kier molecular flexibility index (Phi) is 4.90. The van der Waals surface area contributed by atoms with Crippen LogP contribution in [0.25, 0.3) is 0 Å². The number of aromatic nitrogens is 1. The molecule has 1 aromatic heterocycles. The van der Waals surface area contributed by atoms with Crippen molar-refractivity contribution in [2.24, 2.45) is 0 Å². The van der Waals surface area contributed by atoms with Gasteiger partial charge in [-0.1, -0.05) is 12.8 Å². The van der Waals surface area contributed by atoms with Crippen molar-refractivity contribution < 1.29 is 14.6 Å². The monoisotopic (exact) mass is 308 g/mol. The number of nitrogens with zero attached hydrogens (tertiary/aromatic N) is 1. The summed E-state index contributed by atoms with van der Waals surface area (Å²) in [6.45, 7) is 5.27. The van der Waals surface area contributed by atoms with Crippen LogP contribution in [0.2, 0.25) is 0 Å². The summed E-state index contributed by atoms with van der Waals surface area (Å²) in [6, 6.07) is 2.99.